The van der Waals surface area contributed by atoms with Crippen molar-refractivity contribution in [2.24, 2.45) is 0 Å². The predicted molar refractivity (Wildman–Crippen MR) is 86.0 cm³/mol. The van der Waals surface area contributed by atoms with Gasteiger partial charge in [-0.3, -0.25) is 0 Å². The van der Waals surface area contributed by atoms with Crippen LogP contribution in [0.1, 0.15) is 24.0 Å². The molecule has 2 heteroatoms. The molecule has 0 spiro atoms. The summed E-state index contributed by atoms with van der Waals surface area (Å²) in [7, 11) is 2.21. The van der Waals surface area contributed by atoms with Gasteiger partial charge in [0.2, 0.25) is 0 Å². The van der Waals surface area contributed by atoms with Crippen LogP contribution in [-0.2, 0) is 6.54 Å². The van der Waals surface area contributed by atoms with Crippen LogP contribution in [0.5, 0.6) is 0 Å². The lowest BCUT2D eigenvalue weighted by Crippen LogP contribution is -2.40. The van der Waals surface area contributed by atoms with E-state index in [1.165, 1.54) is 47.8 Å². The summed E-state index contributed by atoms with van der Waals surface area (Å²) in [6, 6.07) is 13.9. The minimum atomic E-state index is 0.672. The molecule has 1 N–H and O–H groups in total. The van der Waals surface area contributed by atoms with Crippen molar-refractivity contribution in [3.05, 3.63) is 47.5 Å². The van der Waals surface area contributed by atoms with Crippen LogP contribution < -0.4 is 5.32 Å². The highest BCUT2D eigenvalue weighted by Gasteiger charge is 2.16. The number of likely N-dealkylation sites (tertiary alicyclic amines) is 1. The van der Waals surface area contributed by atoms with Crippen LogP contribution in [-0.4, -0.2) is 31.1 Å². The van der Waals surface area contributed by atoms with Gasteiger partial charge in [0.15, 0.2) is 0 Å². The summed E-state index contributed by atoms with van der Waals surface area (Å²) >= 11 is 0. The molecule has 1 fully saturated rings. The summed E-state index contributed by atoms with van der Waals surface area (Å²) in [5, 5.41) is 6.52. The van der Waals surface area contributed by atoms with Gasteiger partial charge in [0, 0.05) is 12.6 Å². The number of rotatable bonds is 3. The van der Waals surface area contributed by atoms with Gasteiger partial charge in [-0.25, -0.2) is 0 Å². The zero-order valence-corrected chi connectivity index (χ0v) is 12.5. The first-order valence-electron chi connectivity index (χ1n) is 7.63. The van der Waals surface area contributed by atoms with Gasteiger partial charge in [0.1, 0.15) is 0 Å². The molecule has 2 aromatic carbocycles. The van der Waals surface area contributed by atoms with Crippen molar-refractivity contribution in [3.63, 3.8) is 0 Å². The average molecular weight is 268 g/mol. The minimum absolute atomic E-state index is 0.672. The van der Waals surface area contributed by atoms with Gasteiger partial charge >= 0.3 is 0 Å². The third-order valence-corrected chi connectivity index (χ3v) is 4.53. The van der Waals surface area contributed by atoms with Gasteiger partial charge in [-0.2, -0.15) is 0 Å². The Kier molecular flexibility index (Phi) is 4.04. The molecule has 0 radical (unpaired) electrons. The average Bonchev–Trinajstić information content (AvgIpc) is 2.49. The van der Waals surface area contributed by atoms with E-state index in [1.807, 2.05) is 0 Å². The van der Waals surface area contributed by atoms with Crippen molar-refractivity contribution < 1.29 is 0 Å². The van der Waals surface area contributed by atoms with Crippen molar-refractivity contribution in [3.8, 4) is 0 Å². The Morgan fingerprint density at radius 1 is 1.05 bits per heavy atom. The molecule has 0 amide bonds. The number of nitrogens with zero attached hydrogens (tertiary/aromatic N) is 1. The van der Waals surface area contributed by atoms with E-state index in [-0.39, 0.29) is 0 Å². The fraction of sp³-hybridized carbons (Fsp3) is 0.444. The van der Waals surface area contributed by atoms with Crippen LogP contribution in [0.25, 0.3) is 10.8 Å². The lowest BCUT2D eigenvalue weighted by atomic mass is 9.99. The van der Waals surface area contributed by atoms with Crippen LogP contribution in [0.2, 0.25) is 0 Å². The molecule has 106 valence electrons. The first-order chi connectivity index (χ1) is 9.74. The minimum Gasteiger partial charge on any atom is -0.310 e. The fourth-order valence-corrected chi connectivity index (χ4v) is 3.13. The zero-order valence-electron chi connectivity index (χ0n) is 12.5. The fourth-order valence-electron chi connectivity index (χ4n) is 3.13. The zero-order chi connectivity index (χ0) is 13.9. The summed E-state index contributed by atoms with van der Waals surface area (Å²) in [6.45, 7) is 5.60. The Morgan fingerprint density at radius 2 is 1.75 bits per heavy atom. The largest absolute Gasteiger partial charge is 0.310 e. The number of aryl methyl sites for hydroxylation is 1. The third kappa shape index (κ3) is 2.87. The highest BCUT2D eigenvalue weighted by atomic mass is 15.1. The molecule has 2 nitrogen and oxygen atoms in total. The lowest BCUT2D eigenvalue weighted by molar-refractivity contribution is 0.234. The van der Waals surface area contributed by atoms with E-state index in [0.29, 0.717) is 6.04 Å². The van der Waals surface area contributed by atoms with Crippen molar-refractivity contribution in [2.75, 3.05) is 20.1 Å². The van der Waals surface area contributed by atoms with Crippen molar-refractivity contribution >= 4 is 10.8 Å². The maximum Gasteiger partial charge on any atom is 0.0214 e. The summed E-state index contributed by atoms with van der Waals surface area (Å²) in [4.78, 5) is 2.42. The van der Waals surface area contributed by atoms with Gasteiger partial charge in [-0.05, 0) is 61.8 Å². The molecule has 1 aliphatic rings. The molecule has 1 saturated heterocycles. The maximum absolute atomic E-state index is 3.74. The Bertz CT molecular complexity index is 583. The molecule has 0 atom stereocenters. The Hall–Kier alpha value is -1.38. The van der Waals surface area contributed by atoms with Crippen molar-refractivity contribution in [2.45, 2.75) is 32.4 Å². The number of fused-ring (bicyclic) bond motifs is 1. The van der Waals surface area contributed by atoms with Crippen molar-refractivity contribution in [1.82, 2.24) is 10.2 Å². The molecule has 0 bridgehead atoms. The van der Waals surface area contributed by atoms with Gasteiger partial charge in [0.05, 0.1) is 0 Å². The second-order valence-electron chi connectivity index (χ2n) is 6.05. The molecule has 1 aliphatic heterocycles. The van der Waals surface area contributed by atoms with Crippen LogP contribution in [0.15, 0.2) is 36.4 Å². The third-order valence-electron chi connectivity index (χ3n) is 4.53. The van der Waals surface area contributed by atoms with Crippen LogP contribution in [0.4, 0.5) is 0 Å². The number of nitrogens with one attached hydrogen (secondary N) is 1. The monoisotopic (exact) mass is 268 g/mol. The number of piperidine rings is 1. The number of hydrogen-bond donors (Lipinski definition) is 1. The quantitative estimate of drug-likeness (QED) is 0.918. The van der Waals surface area contributed by atoms with Gasteiger partial charge in [0.25, 0.3) is 0 Å². The summed E-state index contributed by atoms with van der Waals surface area (Å²) in [5.74, 6) is 0. The van der Waals surface area contributed by atoms with E-state index in [0.717, 1.165) is 6.54 Å². The highest BCUT2D eigenvalue weighted by molar-refractivity contribution is 5.88. The highest BCUT2D eigenvalue weighted by Crippen LogP contribution is 2.22. The molecular formula is C18H24N2. The molecule has 0 aliphatic carbocycles. The Balaban J connectivity index is 1.73. The van der Waals surface area contributed by atoms with Gasteiger partial charge in [-0.15, -0.1) is 0 Å². The Morgan fingerprint density at radius 3 is 2.50 bits per heavy atom. The predicted octanol–water partition coefficient (Wildman–Crippen LogP) is 3.33. The first-order valence-corrected chi connectivity index (χ1v) is 7.63. The van der Waals surface area contributed by atoms with E-state index < -0.39 is 0 Å². The number of hydrogen-bond acceptors (Lipinski definition) is 2. The van der Waals surface area contributed by atoms with E-state index in [1.54, 1.807) is 0 Å². The first kappa shape index (κ1) is 13.6. The van der Waals surface area contributed by atoms with E-state index >= 15 is 0 Å². The Labute approximate surface area is 121 Å². The normalized spacial score (nSPS) is 17.7. The molecule has 0 aromatic heterocycles. The lowest BCUT2D eigenvalue weighted by Gasteiger charge is -2.29. The number of benzene rings is 2. The van der Waals surface area contributed by atoms with Crippen molar-refractivity contribution in [1.29, 1.82) is 0 Å². The SMILES string of the molecule is Cc1ccc(CNC2CCN(C)CC2)c2ccccc12. The molecule has 1 heterocycles. The van der Waals surface area contributed by atoms with E-state index in [4.69, 9.17) is 0 Å². The molecule has 3 rings (SSSR count). The van der Waals surface area contributed by atoms with Gasteiger partial charge < -0.3 is 10.2 Å². The van der Waals surface area contributed by atoms with Gasteiger partial charge in [-0.1, -0.05) is 36.4 Å². The standard InChI is InChI=1S/C18H24N2/c1-14-7-8-15(18-6-4-3-5-17(14)18)13-19-16-9-11-20(2)12-10-16/h3-8,16,19H,9-13H2,1-2H3. The summed E-state index contributed by atoms with van der Waals surface area (Å²) in [6.07, 6.45) is 2.53. The smallest absolute Gasteiger partial charge is 0.0214 e. The second-order valence-corrected chi connectivity index (χ2v) is 6.05. The topological polar surface area (TPSA) is 15.3 Å². The molecule has 2 aromatic rings. The second kappa shape index (κ2) is 5.94. The summed E-state index contributed by atoms with van der Waals surface area (Å²) in [5.41, 5.74) is 2.79. The van der Waals surface area contributed by atoms with Crippen LogP contribution in [0, 0.1) is 6.92 Å². The summed E-state index contributed by atoms with van der Waals surface area (Å²) < 4.78 is 0. The molecule has 0 saturated carbocycles. The van der Waals surface area contributed by atoms with E-state index in [9.17, 15) is 0 Å². The van der Waals surface area contributed by atoms with E-state index in [2.05, 4.69) is 60.6 Å². The molecule has 20 heavy (non-hydrogen) atoms. The molecular weight excluding hydrogens is 244 g/mol. The van der Waals surface area contributed by atoms with Crippen LogP contribution >= 0.6 is 0 Å². The maximum atomic E-state index is 3.74. The molecule has 0 unspecified atom stereocenters. The van der Waals surface area contributed by atoms with Crippen LogP contribution in [0.3, 0.4) is 0 Å².